The second-order valence-electron chi connectivity index (χ2n) is 3.94. The summed E-state index contributed by atoms with van der Waals surface area (Å²) in [6.45, 7) is 0. The molecule has 1 fully saturated rings. The molecule has 0 atom stereocenters. The summed E-state index contributed by atoms with van der Waals surface area (Å²) in [7, 11) is 0. The van der Waals surface area contributed by atoms with E-state index >= 15 is 0 Å². The van der Waals surface area contributed by atoms with Gasteiger partial charge in [0, 0.05) is 12.8 Å². The fourth-order valence-electron chi connectivity index (χ4n) is 1.95. The fourth-order valence-corrected chi connectivity index (χ4v) is 1.95. The number of carbonyl (C=O) groups is 2. The van der Waals surface area contributed by atoms with Crippen LogP contribution in [0.3, 0.4) is 0 Å². The number of amides is 2. The molecule has 0 unspecified atom stereocenters. The molecule has 78 valence electrons. The maximum atomic E-state index is 11.1. The smallest absolute Gasteiger partial charge is 0.226 e. The van der Waals surface area contributed by atoms with E-state index in [0.717, 1.165) is 6.42 Å². The van der Waals surface area contributed by atoms with Crippen LogP contribution in [0.1, 0.15) is 18.4 Å². The van der Waals surface area contributed by atoms with Crippen molar-refractivity contribution in [3.05, 3.63) is 35.9 Å². The molecular formula is C12H13NO2. The minimum absolute atomic E-state index is 0.146. The lowest BCUT2D eigenvalue weighted by Gasteiger charge is -2.20. The van der Waals surface area contributed by atoms with Crippen LogP contribution in [0.4, 0.5) is 0 Å². The van der Waals surface area contributed by atoms with Gasteiger partial charge in [-0.1, -0.05) is 30.3 Å². The van der Waals surface area contributed by atoms with Crippen molar-refractivity contribution in [1.29, 1.82) is 0 Å². The molecule has 3 nitrogen and oxygen atoms in total. The van der Waals surface area contributed by atoms with Crippen LogP contribution in [-0.4, -0.2) is 11.8 Å². The van der Waals surface area contributed by atoms with Crippen molar-refractivity contribution in [2.45, 2.75) is 19.3 Å². The number of hydrogen-bond donors (Lipinski definition) is 1. The second-order valence-corrected chi connectivity index (χ2v) is 3.94. The van der Waals surface area contributed by atoms with E-state index in [1.165, 1.54) is 5.56 Å². The van der Waals surface area contributed by atoms with Gasteiger partial charge in [0.05, 0.1) is 0 Å². The number of hydrogen-bond acceptors (Lipinski definition) is 2. The van der Waals surface area contributed by atoms with E-state index in [1.54, 1.807) is 0 Å². The Balaban J connectivity index is 2.00. The summed E-state index contributed by atoms with van der Waals surface area (Å²) < 4.78 is 0. The Bertz CT molecular complexity index is 356. The predicted octanol–water partition coefficient (Wildman–Crippen LogP) is 1.28. The number of piperidine rings is 1. The highest BCUT2D eigenvalue weighted by Crippen LogP contribution is 2.18. The molecule has 0 bridgehead atoms. The van der Waals surface area contributed by atoms with Gasteiger partial charge in [0.15, 0.2) is 0 Å². The fraction of sp³-hybridized carbons (Fsp3) is 0.333. The number of carbonyl (C=O) groups excluding carboxylic acids is 2. The third-order valence-electron chi connectivity index (χ3n) is 2.59. The van der Waals surface area contributed by atoms with Gasteiger partial charge in [-0.3, -0.25) is 14.9 Å². The predicted molar refractivity (Wildman–Crippen MR) is 56.0 cm³/mol. The standard InChI is InChI=1S/C12H13NO2/c14-11-7-10(8-12(15)13-11)6-9-4-2-1-3-5-9/h1-5,10H,6-8H2,(H,13,14,15). The molecule has 2 rings (SSSR count). The van der Waals surface area contributed by atoms with Crippen LogP contribution in [-0.2, 0) is 16.0 Å². The maximum Gasteiger partial charge on any atom is 0.226 e. The van der Waals surface area contributed by atoms with Crippen LogP contribution in [0.15, 0.2) is 30.3 Å². The Morgan fingerprint density at radius 3 is 2.27 bits per heavy atom. The molecule has 0 saturated carbocycles. The molecule has 1 N–H and O–H groups in total. The van der Waals surface area contributed by atoms with E-state index in [1.807, 2.05) is 30.3 Å². The van der Waals surface area contributed by atoms with Crippen molar-refractivity contribution in [3.8, 4) is 0 Å². The minimum atomic E-state index is -0.146. The van der Waals surface area contributed by atoms with E-state index in [2.05, 4.69) is 5.32 Å². The van der Waals surface area contributed by atoms with Crippen molar-refractivity contribution >= 4 is 11.8 Å². The highest BCUT2D eigenvalue weighted by Gasteiger charge is 2.24. The van der Waals surface area contributed by atoms with E-state index in [4.69, 9.17) is 0 Å². The summed E-state index contributed by atoms with van der Waals surface area (Å²) in [5.41, 5.74) is 1.19. The highest BCUT2D eigenvalue weighted by atomic mass is 16.2. The van der Waals surface area contributed by atoms with Gasteiger partial charge >= 0.3 is 0 Å². The van der Waals surface area contributed by atoms with Crippen molar-refractivity contribution in [2.24, 2.45) is 5.92 Å². The van der Waals surface area contributed by atoms with Crippen LogP contribution < -0.4 is 5.32 Å². The monoisotopic (exact) mass is 203 g/mol. The van der Waals surface area contributed by atoms with Gasteiger partial charge in [0.1, 0.15) is 0 Å². The first-order valence-electron chi connectivity index (χ1n) is 5.10. The van der Waals surface area contributed by atoms with Crippen molar-refractivity contribution < 1.29 is 9.59 Å². The molecule has 15 heavy (non-hydrogen) atoms. The third kappa shape index (κ3) is 2.65. The third-order valence-corrected chi connectivity index (χ3v) is 2.59. The highest BCUT2D eigenvalue weighted by molar-refractivity contribution is 5.97. The van der Waals surface area contributed by atoms with E-state index in [9.17, 15) is 9.59 Å². The zero-order chi connectivity index (χ0) is 10.7. The summed E-state index contributed by atoms with van der Waals surface area (Å²) in [6, 6.07) is 9.95. The average Bonchev–Trinajstić information content (AvgIpc) is 2.17. The largest absolute Gasteiger partial charge is 0.296 e. The summed E-state index contributed by atoms with van der Waals surface area (Å²) in [5.74, 6) is -0.131. The molecule has 1 aliphatic heterocycles. The molecule has 0 aliphatic carbocycles. The molecule has 0 spiro atoms. The number of nitrogens with one attached hydrogen (secondary N) is 1. The Kier molecular flexibility index (Phi) is 2.81. The maximum absolute atomic E-state index is 11.1. The lowest BCUT2D eigenvalue weighted by atomic mass is 9.90. The summed E-state index contributed by atoms with van der Waals surface area (Å²) >= 11 is 0. The van der Waals surface area contributed by atoms with Crippen LogP contribution in [0.25, 0.3) is 0 Å². The van der Waals surface area contributed by atoms with E-state index in [-0.39, 0.29) is 17.7 Å². The van der Waals surface area contributed by atoms with Crippen molar-refractivity contribution in [2.75, 3.05) is 0 Å². The first kappa shape index (κ1) is 9.90. The lowest BCUT2D eigenvalue weighted by molar-refractivity contribution is -0.134. The molecule has 1 heterocycles. The molecule has 1 aliphatic rings. The van der Waals surface area contributed by atoms with Crippen LogP contribution in [0.5, 0.6) is 0 Å². The van der Waals surface area contributed by atoms with Crippen LogP contribution in [0, 0.1) is 5.92 Å². The van der Waals surface area contributed by atoms with Crippen LogP contribution in [0.2, 0.25) is 0 Å². The van der Waals surface area contributed by atoms with Crippen molar-refractivity contribution in [1.82, 2.24) is 5.32 Å². The quantitative estimate of drug-likeness (QED) is 0.736. The summed E-state index contributed by atoms with van der Waals surface area (Å²) in [4.78, 5) is 22.3. The Morgan fingerprint density at radius 1 is 1.07 bits per heavy atom. The first-order valence-corrected chi connectivity index (χ1v) is 5.10. The molecule has 1 aromatic rings. The van der Waals surface area contributed by atoms with Gasteiger partial charge in [0.25, 0.3) is 0 Å². The number of benzene rings is 1. The van der Waals surface area contributed by atoms with E-state index < -0.39 is 0 Å². The molecule has 0 aromatic heterocycles. The second kappa shape index (κ2) is 4.26. The van der Waals surface area contributed by atoms with Gasteiger partial charge < -0.3 is 0 Å². The first-order chi connectivity index (χ1) is 7.24. The van der Waals surface area contributed by atoms with Crippen molar-refractivity contribution in [3.63, 3.8) is 0 Å². The van der Waals surface area contributed by atoms with Gasteiger partial charge in [-0.2, -0.15) is 0 Å². The van der Waals surface area contributed by atoms with Gasteiger partial charge in [-0.15, -0.1) is 0 Å². The number of imide groups is 1. The Morgan fingerprint density at radius 2 is 1.67 bits per heavy atom. The number of rotatable bonds is 2. The molecule has 1 saturated heterocycles. The van der Waals surface area contributed by atoms with Gasteiger partial charge in [0.2, 0.25) is 11.8 Å². The summed E-state index contributed by atoms with van der Waals surface area (Å²) in [5, 5.41) is 2.32. The molecular weight excluding hydrogens is 190 g/mol. The topological polar surface area (TPSA) is 46.2 Å². The molecule has 1 aromatic carbocycles. The zero-order valence-corrected chi connectivity index (χ0v) is 8.40. The SMILES string of the molecule is O=C1CC(Cc2ccccc2)CC(=O)N1. The lowest BCUT2D eigenvalue weighted by Crippen LogP contribution is -2.39. The van der Waals surface area contributed by atoms with E-state index in [0.29, 0.717) is 12.8 Å². The molecule has 0 radical (unpaired) electrons. The Labute approximate surface area is 88.5 Å². The minimum Gasteiger partial charge on any atom is -0.296 e. The van der Waals surface area contributed by atoms with Gasteiger partial charge in [-0.25, -0.2) is 0 Å². The molecule has 2 amide bonds. The molecule has 3 heteroatoms. The normalized spacial score (nSPS) is 17.6. The zero-order valence-electron chi connectivity index (χ0n) is 8.40. The van der Waals surface area contributed by atoms with Gasteiger partial charge in [-0.05, 0) is 17.9 Å². The van der Waals surface area contributed by atoms with Crippen LogP contribution >= 0.6 is 0 Å². The summed E-state index contributed by atoms with van der Waals surface area (Å²) in [6.07, 6.45) is 1.72. The Hall–Kier alpha value is -1.64. The average molecular weight is 203 g/mol.